The second-order valence-electron chi connectivity index (χ2n) is 4.59. The monoisotopic (exact) mass is 309 g/mol. The van der Waals surface area contributed by atoms with E-state index in [-0.39, 0.29) is 5.75 Å². The van der Waals surface area contributed by atoms with Gasteiger partial charge in [-0.05, 0) is 24.3 Å². The molecule has 0 atom stereocenters. The molecule has 2 rings (SSSR count). The molecule has 0 aliphatic carbocycles. The number of hydrogen-bond acceptors (Lipinski definition) is 5. The molecule has 2 aromatic rings. The lowest BCUT2D eigenvalue weighted by molar-refractivity contribution is -0.113. The van der Waals surface area contributed by atoms with Crippen molar-refractivity contribution in [3.05, 3.63) is 66.9 Å². The van der Waals surface area contributed by atoms with Gasteiger partial charge in [0.1, 0.15) is 5.75 Å². The van der Waals surface area contributed by atoms with Crippen LogP contribution in [0.1, 0.15) is 0 Å². The Kier molecular flexibility index (Phi) is 5.25. The summed E-state index contributed by atoms with van der Waals surface area (Å²) < 4.78 is 0. The summed E-state index contributed by atoms with van der Waals surface area (Å²) in [5.74, 6) is -1.42. The maximum atomic E-state index is 11.8. The molecule has 23 heavy (non-hydrogen) atoms. The number of amides is 1. The molecular formula is C17H15N3O3. The maximum Gasteiger partial charge on any atom is 0.277 e. The van der Waals surface area contributed by atoms with Gasteiger partial charge in [0.2, 0.25) is 5.78 Å². The van der Waals surface area contributed by atoms with Crippen molar-refractivity contribution < 1.29 is 14.7 Å². The van der Waals surface area contributed by atoms with Gasteiger partial charge in [0.05, 0.1) is 0 Å². The SMILES string of the molecule is N=C(C(=O)/C=C\Nc1cccc(O)c1)C(=O)Nc1ccccc1. The van der Waals surface area contributed by atoms with E-state index in [0.717, 1.165) is 6.08 Å². The van der Waals surface area contributed by atoms with Gasteiger partial charge in [-0.25, -0.2) is 0 Å². The van der Waals surface area contributed by atoms with Crippen molar-refractivity contribution in [2.45, 2.75) is 0 Å². The van der Waals surface area contributed by atoms with Crippen molar-refractivity contribution >= 4 is 28.8 Å². The molecule has 0 heterocycles. The molecule has 116 valence electrons. The maximum absolute atomic E-state index is 11.8. The third-order valence-electron chi connectivity index (χ3n) is 2.84. The van der Waals surface area contributed by atoms with Crippen LogP contribution in [0, 0.1) is 5.41 Å². The van der Waals surface area contributed by atoms with E-state index in [0.29, 0.717) is 11.4 Å². The van der Waals surface area contributed by atoms with Crippen LogP contribution in [-0.4, -0.2) is 22.5 Å². The normalized spacial score (nSPS) is 10.3. The highest BCUT2D eigenvalue weighted by Crippen LogP contribution is 2.15. The van der Waals surface area contributed by atoms with Gasteiger partial charge in [0, 0.05) is 29.7 Å². The molecule has 6 nitrogen and oxygen atoms in total. The number of allylic oxidation sites excluding steroid dienone is 1. The Morgan fingerprint density at radius 1 is 1.00 bits per heavy atom. The minimum absolute atomic E-state index is 0.0877. The summed E-state index contributed by atoms with van der Waals surface area (Å²) in [5.41, 5.74) is 0.425. The molecule has 0 aliphatic rings. The average Bonchev–Trinajstić information content (AvgIpc) is 2.55. The topological polar surface area (TPSA) is 102 Å². The zero-order chi connectivity index (χ0) is 16.7. The van der Waals surface area contributed by atoms with Gasteiger partial charge in [-0.1, -0.05) is 24.3 Å². The zero-order valence-electron chi connectivity index (χ0n) is 12.1. The standard InChI is InChI=1S/C17H15N3O3/c18-16(17(23)20-12-5-2-1-3-6-12)15(22)9-10-19-13-7-4-8-14(21)11-13/h1-11,18-19,21H,(H,20,23)/b10-9-,18-16?. The van der Waals surface area contributed by atoms with Crippen LogP contribution >= 0.6 is 0 Å². The molecule has 6 heteroatoms. The second kappa shape index (κ2) is 7.56. The van der Waals surface area contributed by atoms with Gasteiger partial charge >= 0.3 is 0 Å². The number of phenolic OH excluding ortho intramolecular Hbond substituents is 1. The smallest absolute Gasteiger partial charge is 0.277 e. The van der Waals surface area contributed by atoms with Crippen LogP contribution in [0.2, 0.25) is 0 Å². The molecule has 0 fully saturated rings. The summed E-state index contributed by atoms with van der Waals surface area (Å²) in [4.78, 5) is 23.6. The van der Waals surface area contributed by atoms with E-state index in [1.165, 1.54) is 18.3 Å². The predicted molar refractivity (Wildman–Crippen MR) is 88.7 cm³/mol. The number of anilines is 2. The Balaban J connectivity index is 1.90. The molecule has 1 amide bonds. The molecule has 0 aromatic heterocycles. The first-order chi connectivity index (χ1) is 11.1. The van der Waals surface area contributed by atoms with E-state index >= 15 is 0 Å². The lowest BCUT2D eigenvalue weighted by Gasteiger charge is -2.04. The molecule has 0 aliphatic heterocycles. The van der Waals surface area contributed by atoms with E-state index in [2.05, 4.69) is 10.6 Å². The Labute approximate surface area is 133 Å². The molecule has 0 saturated heterocycles. The highest BCUT2D eigenvalue weighted by molar-refractivity contribution is 6.68. The Morgan fingerprint density at radius 2 is 1.70 bits per heavy atom. The summed E-state index contributed by atoms with van der Waals surface area (Å²) in [6.07, 6.45) is 2.39. The van der Waals surface area contributed by atoms with E-state index in [1.807, 2.05) is 0 Å². The van der Waals surface area contributed by atoms with E-state index in [9.17, 15) is 14.7 Å². The van der Waals surface area contributed by atoms with Gasteiger partial charge in [0.25, 0.3) is 5.91 Å². The molecule has 0 unspecified atom stereocenters. The van der Waals surface area contributed by atoms with Crippen LogP contribution in [0.3, 0.4) is 0 Å². The molecule has 0 saturated carbocycles. The fourth-order valence-corrected chi connectivity index (χ4v) is 1.72. The van der Waals surface area contributed by atoms with Crippen LogP contribution < -0.4 is 10.6 Å². The minimum atomic E-state index is -0.775. The molecule has 0 radical (unpaired) electrons. The van der Waals surface area contributed by atoms with Crippen molar-refractivity contribution in [1.29, 1.82) is 5.41 Å². The summed E-state index contributed by atoms with van der Waals surface area (Å²) >= 11 is 0. The van der Waals surface area contributed by atoms with E-state index in [4.69, 9.17) is 5.41 Å². The van der Waals surface area contributed by atoms with Gasteiger partial charge in [-0.3, -0.25) is 15.0 Å². The summed E-state index contributed by atoms with van der Waals surface area (Å²) in [6, 6.07) is 14.9. The molecule has 4 N–H and O–H groups in total. The number of para-hydroxylation sites is 1. The van der Waals surface area contributed by atoms with E-state index < -0.39 is 17.4 Å². The first-order valence-electron chi connectivity index (χ1n) is 6.77. The minimum Gasteiger partial charge on any atom is -0.508 e. The second-order valence-corrected chi connectivity index (χ2v) is 4.59. The quantitative estimate of drug-likeness (QED) is 0.374. The van der Waals surface area contributed by atoms with Gasteiger partial charge in [0.15, 0.2) is 5.71 Å². The Bertz CT molecular complexity index is 755. The number of carbonyl (C=O) groups excluding carboxylic acids is 2. The number of nitrogens with one attached hydrogen (secondary N) is 3. The fraction of sp³-hybridized carbons (Fsp3) is 0. The summed E-state index contributed by atoms with van der Waals surface area (Å²) in [7, 11) is 0. The Hall–Kier alpha value is -3.41. The van der Waals surface area contributed by atoms with Gasteiger partial charge in [-0.15, -0.1) is 0 Å². The zero-order valence-corrected chi connectivity index (χ0v) is 12.1. The molecule has 0 bridgehead atoms. The highest BCUT2D eigenvalue weighted by atomic mass is 16.3. The number of hydrogen-bond donors (Lipinski definition) is 4. The van der Waals surface area contributed by atoms with Crippen molar-refractivity contribution in [2.75, 3.05) is 10.6 Å². The number of benzene rings is 2. The predicted octanol–water partition coefficient (Wildman–Crippen LogP) is 2.55. The highest BCUT2D eigenvalue weighted by Gasteiger charge is 2.15. The lowest BCUT2D eigenvalue weighted by Crippen LogP contribution is -2.28. The molecule has 2 aromatic carbocycles. The van der Waals surface area contributed by atoms with Crippen LogP contribution in [-0.2, 0) is 9.59 Å². The van der Waals surface area contributed by atoms with Gasteiger partial charge < -0.3 is 15.7 Å². The van der Waals surface area contributed by atoms with Gasteiger partial charge in [-0.2, -0.15) is 0 Å². The van der Waals surface area contributed by atoms with Crippen molar-refractivity contribution in [3.63, 3.8) is 0 Å². The van der Waals surface area contributed by atoms with Crippen LogP contribution in [0.25, 0.3) is 0 Å². The van der Waals surface area contributed by atoms with Crippen molar-refractivity contribution in [3.8, 4) is 5.75 Å². The summed E-state index contributed by atoms with van der Waals surface area (Å²) in [5, 5.41) is 22.1. The molecular weight excluding hydrogens is 294 g/mol. The average molecular weight is 309 g/mol. The first kappa shape index (κ1) is 16.0. The number of rotatable bonds is 6. The Morgan fingerprint density at radius 3 is 2.39 bits per heavy atom. The fourth-order valence-electron chi connectivity index (χ4n) is 1.72. The number of carbonyl (C=O) groups is 2. The van der Waals surface area contributed by atoms with Crippen LogP contribution in [0.5, 0.6) is 5.75 Å². The lowest BCUT2D eigenvalue weighted by atomic mass is 10.2. The van der Waals surface area contributed by atoms with Crippen molar-refractivity contribution in [1.82, 2.24) is 0 Å². The number of aromatic hydroxyl groups is 1. The third kappa shape index (κ3) is 4.82. The van der Waals surface area contributed by atoms with Crippen molar-refractivity contribution in [2.24, 2.45) is 0 Å². The van der Waals surface area contributed by atoms with Crippen LogP contribution in [0.15, 0.2) is 66.9 Å². The number of phenols is 1. The first-order valence-corrected chi connectivity index (χ1v) is 6.77. The van der Waals surface area contributed by atoms with E-state index in [1.54, 1.807) is 42.5 Å². The summed E-state index contributed by atoms with van der Waals surface area (Å²) in [6.45, 7) is 0. The third-order valence-corrected chi connectivity index (χ3v) is 2.84. The van der Waals surface area contributed by atoms with Crippen LogP contribution in [0.4, 0.5) is 11.4 Å². The molecule has 0 spiro atoms. The largest absolute Gasteiger partial charge is 0.508 e. The number of ketones is 1.